The zero-order valence-corrected chi connectivity index (χ0v) is 53.7. The quantitative estimate of drug-likeness (QED) is 0.0598. The van der Waals surface area contributed by atoms with Crippen LogP contribution in [0.2, 0.25) is 0 Å². The van der Waals surface area contributed by atoms with Crippen molar-refractivity contribution in [3.8, 4) is 0 Å². The van der Waals surface area contributed by atoms with E-state index in [1.165, 1.54) is 244 Å². The molecule has 8 saturated carbocycles. The van der Waals surface area contributed by atoms with Gasteiger partial charge in [0, 0.05) is 0 Å². The molecule has 8 rings (SSSR count). The number of unbranched alkanes of at least 4 members (excludes halogenated alkanes) is 3. The molecule has 0 unspecified atom stereocenters. The molecule has 0 aromatic rings. The molecule has 452 valence electrons. The Morgan fingerprint density at radius 1 is 0.218 bits per heavy atom. The smallest absolute Gasteiger partial charge is 0.0351 e. The molecule has 8 fully saturated rings. The maximum atomic E-state index is 3.87. The van der Waals surface area contributed by atoms with Gasteiger partial charge in [-0.25, -0.2) is 0 Å². The van der Waals surface area contributed by atoms with E-state index >= 15 is 0 Å². The third kappa shape index (κ3) is 26.3. The van der Waals surface area contributed by atoms with Crippen LogP contribution in [0.15, 0.2) is 50.6 Å². The number of hydrogen-bond donors (Lipinski definition) is 0. The Labute approximate surface area is 491 Å². The van der Waals surface area contributed by atoms with Crippen molar-refractivity contribution in [1.82, 2.24) is 0 Å². The molecule has 0 radical (unpaired) electrons. The van der Waals surface area contributed by atoms with Crippen LogP contribution in [0.3, 0.4) is 0 Å². The number of hydrogen-bond acceptors (Lipinski definition) is 0. The molecule has 78 heavy (non-hydrogen) atoms. The molecule has 0 aromatic carbocycles. The van der Waals surface area contributed by atoms with Gasteiger partial charge in [-0.3, -0.25) is 0 Å². The summed E-state index contributed by atoms with van der Waals surface area (Å²) in [5.41, 5.74) is 0. The molecule has 0 spiro atoms. The van der Waals surface area contributed by atoms with Gasteiger partial charge in [-0.15, -0.1) is 26.3 Å². The predicted molar refractivity (Wildman–Crippen MR) is 350 cm³/mol. The van der Waals surface area contributed by atoms with Crippen LogP contribution in [0.4, 0.5) is 0 Å². The largest absolute Gasteiger partial charge is 0.103 e. The van der Waals surface area contributed by atoms with E-state index in [4.69, 9.17) is 0 Å². The van der Waals surface area contributed by atoms with Crippen molar-refractivity contribution < 1.29 is 0 Å². The van der Waals surface area contributed by atoms with Gasteiger partial charge >= 0.3 is 0 Å². The van der Waals surface area contributed by atoms with E-state index in [9.17, 15) is 0 Å². The Hall–Kier alpha value is -1.04. The maximum absolute atomic E-state index is 3.87. The summed E-state index contributed by atoms with van der Waals surface area (Å²) < 4.78 is 0. The van der Waals surface area contributed by atoms with Crippen molar-refractivity contribution in [2.24, 2.45) is 94.7 Å². The first-order chi connectivity index (χ1) is 38.3. The zero-order chi connectivity index (χ0) is 55.4. The van der Waals surface area contributed by atoms with Crippen molar-refractivity contribution in [3.05, 3.63) is 50.6 Å². The molecule has 0 nitrogen and oxygen atoms in total. The maximum Gasteiger partial charge on any atom is -0.0351 e. The monoisotopic (exact) mass is 1080 g/mol. The van der Waals surface area contributed by atoms with Crippen LogP contribution in [0.1, 0.15) is 349 Å². The molecule has 0 bridgehead atoms. The minimum Gasteiger partial charge on any atom is -0.103 e. The third-order valence-electron chi connectivity index (χ3n) is 24.4. The number of rotatable bonds is 26. The van der Waals surface area contributed by atoms with Crippen LogP contribution in [0.25, 0.3) is 0 Å². The summed E-state index contributed by atoms with van der Waals surface area (Å²) in [7, 11) is 0. The normalized spacial score (nSPS) is 35.4. The lowest BCUT2D eigenvalue weighted by Crippen LogP contribution is -2.25. The van der Waals surface area contributed by atoms with Crippen molar-refractivity contribution in [2.45, 2.75) is 349 Å². The van der Waals surface area contributed by atoms with E-state index in [2.05, 4.69) is 78.3 Å². The van der Waals surface area contributed by atoms with Crippen LogP contribution >= 0.6 is 0 Å². The number of allylic oxidation sites excluding steroid dienone is 4. The van der Waals surface area contributed by atoms with Gasteiger partial charge in [0.15, 0.2) is 0 Å². The second-order valence-corrected chi connectivity index (χ2v) is 29.5. The first-order valence-electron chi connectivity index (χ1n) is 36.8. The van der Waals surface area contributed by atoms with Gasteiger partial charge in [0.05, 0.1) is 0 Å². The van der Waals surface area contributed by atoms with Crippen LogP contribution < -0.4 is 0 Å². The van der Waals surface area contributed by atoms with Crippen LogP contribution in [-0.2, 0) is 0 Å². The summed E-state index contributed by atoms with van der Waals surface area (Å²) in [6, 6.07) is 0. The van der Waals surface area contributed by atoms with Crippen molar-refractivity contribution in [3.63, 3.8) is 0 Å². The summed E-state index contributed by atoms with van der Waals surface area (Å²) in [5.74, 6) is 17.1. The highest BCUT2D eigenvalue weighted by Gasteiger charge is 2.34. The first kappa shape index (κ1) is 67.7. The van der Waals surface area contributed by atoms with E-state index in [1.807, 2.05) is 0 Å². The summed E-state index contributed by atoms with van der Waals surface area (Å²) in [6.45, 7) is 24.8. The second-order valence-electron chi connectivity index (χ2n) is 29.5. The van der Waals surface area contributed by atoms with E-state index in [0.29, 0.717) is 0 Å². The fourth-order valence-corrected chi connectivity index (χ4v) is 18.7. The van der Waals surface area contributed by atoms with Gasteiger partial charge in [-0.1, -0.05) is 219 Å². The Bertz CT molecular complexity index is 1420. The minimum atomic E-state index is 1.02. The highest BCUT2D eigenvalue weighted by molar-refractivity contribution is 4.87. The van der Waals surface area contributed by atoms with E-state index in [0.717, 1.165) is 94.7 Å². The molecule has 0 aromatic heterocycles. The van der Waals surface area contributed by atoms with Crippen molar-refractivity contribution >= 4 is 0 Å². The Kier molecular flexibility index (Phi) is 36.4. The highest BCUT2D eigenvalue weighted by Crippen LogP contribution is 2.47. The van der Waals surface area contributed by atoms with E-state index in [-0.39, 0.29) is 0 Å². The topological polar surface area (TPSA) is 0 Å². The van der Waals surface area contributed by atoms with Crippen molar-refractivity contribution in [2.75, 3.05) is 0 Å². The molecule has 0 saturated heterocycles. The Morgan fingerprint density at radius 3 is 0.628 bits per heavy atom. The molecule has 0 atom stereocenters. The Morgan fingerprint density at radius 2 is 0.423 bits per heavy atom. The fourth-order valence-electron chi connectivity index (χ4n) is 18.7. The van der Waals surface area contributed by atoms with Crippen LogP contribution in [-0.4, -0.2) is 0 Å². The lowest BCUT2D eigenvalue weighted by atomic mass is 9.68. The van der Waals surface area contributed by atoms with Gasteiger partial charge in [-0.05, 0) is 249 Å². The van der Waals surface area contributed by atoms with Gasteiger partial charge < -0.3 is 0 Å². The average molecular weight is 1080 g/mol. The molecule has 0 heteroatoms. The highest BCUT2D eigenvalue weighted by atomic mass is 14.4. The first-order valence-corrected chi connectivity index (χ1v) is 36.8. The minimum absolute atomic E-state index is 1.02. The second kappa shape index (κ2) is 41.9. The molecular weight excluding hydrogens is 937 g/mol. The van der Waals surface area contributed by atoms with E-state index < -0.39 is 0 Å². The molecule has 0 N–H and O–H groups in total. The molecule has 8 aliphatic rings. The fraction of sp³-hybridized carbons (Fsp3) is 0.897. The van der Waals surface area contributed by atoms with Gasteiger partial charge in [0.1, 0.15) is 0 Å². The summed E-state index contributed by atoms with van der Waals surface area (Å²) in [6.07, 6.45) is 82.5. The molecule has 0 amide bonds. The van der Waals surface area contributed by atoms with Crippen LogP contribution in [0, 0.1) is 94.7 Å². The SMILES string of the molecule is C=CCCC1CCC(C2CCC(CC)CC2)CC1.C=CCCC1CCC(C2CCC(CCC)CC2)CC1.C=CCCC1CCC(C2CCC(CCCC)CC2)CC1.C=CCCC1CCC(C2CCC(CCCCC)CC2)CC1. The molecular formula is C78H140. The van der Waals surface area contributed by atoms with Gasteiger partial charge in [-0.2, -0.15) is 0 Å². The lowest BCUT2D eigenvalue weighted by molar-refractivity contribution is 0.140. The third-order valence-corrected chi connectivity index (χ3v) is 24.4. The molecule has 0 heterocycles. The summed E-state index contributed by atoms with van der Waals surface area (Å²) >= 11 is 0. The zero-order valence-electron chi connectivity index (χ0n) is 53.7. The molecule has 8 aliphatic carbocycles. The predicted octanol–water partition coefficient (Wildman–Crippen LogP) is 26.2. The van der Waals surface area contributed by atoms with Gasteiger partial charge in [0.25, 0.3) is 0 Å². The standard InChI is InChI=1S/C21H38.C20H36.C19H34.C18H32/c1-3-5-7-9-19-12-16-21(17-13-19)20-14-10-18(11-15-20)8-6-4-2;1-3-5-7-17-9-13-19(14-10-17)20-15-11-18(12-16-20)8-6-4-2;1-3-5-7-17-10-14-19(15-11-17)18-12-8-16(6-4-2)9-13-18;1-3-5-6-16-9-13-18(14-10-16)17-11-7-15(4-2)8-12-17/h4,18-21H,2-3,5-17H2,1H3;3,17-20H,1,4-16H2,2H3;3,16-19H,1,4-15H2,2H3;3,15-18H,1,4-14H2,2H3. The average Bonchev–Trinajstić information content (AvgIpc) is 3.50. The lowest BCUT2D eigenvalue weighted by Gasteiger charge is -2.38. The van der Waals surface area contributed by atoms with Crippen LogP contribution in [0.5, 0.6) is 0 Å². The van der Waals surface area contributed by atoms with Crippen molar-refractivity contribution in [1.29, 1.82) is 0 Å². The van der Waals surface area contributed by atoms with E-state index in [1.54, 1.807) is 77.0 Å². The summed E-state index contributed by atoms with van der Waals surface area (Å²) in [5, 5.41) is 0. The summed E-state index contributed by atoms with van der Waals surface area (Å²) in [4.78, 5) is 0. The Balaban J connectivity index is 0.000000192. The molecule has 0 aliphatic heterocycles. The van der Waals surface area contributed by atoms with Gasteiger partial charge in [0.2, 0.25) is 0 Å².